The number of hydrogen-bond acceptors (Lipinski definition) is 4. The third-order valence-corrected chi connectivity index (χ3v) is 4.78. The molecule has 1 saturated heterocycles. The quantitative estimate of drug-likeness (QED) is 0.655. The van der Waals surface area contributed by atoms with Crippen molar-refractivity contribution in [3.05, 3.63) is 0 Å². The first-order valence-corrected chi connectivity index (χ1v) is 5.97. The van der Waals surface area contributed by atoms with Crippen LogP contribution in [0.3, 0.4) is 0 Å². The molecule has 0 spiro atoms. The van der Waals surface area contributed by atoms with E-state index in [0.717, 1.165) is 0 Å². The van der Waals surface area contributed by atoms with E-state index >= 15 is 0 Å². The molecule has 0 aromatic carbocycles. The maximum atomic E-state index is 11.4. The van der Waals surface area contributed by atoms with E-state index in [1.54, 1.807) is 13.8 Å². The molecule has 4 nitrogen and oxygen atoms in total. The average Bonchev–Trinajstić information content (AvgIpc) is 2.31. The number of rotatable bonds is 2. The molecule has 0 radical (unpaired) electrons. The Morgan fingerprint density at radius 2 is 2.31 bits per heavy atom. The summed E-state index contributed by atoms with van der Waals surface area (Å²) in [5.74, 6) is 0.0573. The molecule has 1 aliphatic rings. The molecule has 1 rings (SSSR count). The van der Waals surface area contributed by atoms with E-state index in [4.69, 9.17) is 10.00 Å². The SMILES string of the molecule is CCOC1(C#N)CCS(=O)(=O)C1C. The molecule has 0 saturated carbocycles. The minimum Gasteiger partial charge on any atom is -0.359 e. The van der Waals surface area contributed by atoms with Crippen LogP contribution < -0.4 is 0 Å². The maximum absolute atomic E-state index is 11.4. The van der Waals surface area contributed by atoms with Gasteiger partial charge in [0.25, 0.3) is 0 Å². The summed E-state index contributed by atoms with van der Waals surface area (Å²) < 4.78 is 28.0. The molecule has 1 heterocycles. The van der Waals surface area contributed by atoms with Crippen LogP contribution in [-0.4, -0.2) is 31.6 Å². The van der Waals surface area contributed by atoms with Crippen molar-refractivity contribution in [1.29, 1.82) is 5.26 Å². The van der Waals surface area contributed by atoms with Gasteiger partial charge in [-0.15, -0.1) is 0 Å². The predicted molar refractivity (Wildman–Crippen MR) is 47.8 cm³/mol. The van der Waals surface area contributed by atoms with Gasteiger partial charge in [-0.2, -0.15) is 5.26 Å². The van der Waals surface area contributed by atoms with Crippen LogP contribution in [0.5, 0.6) is 0 Å². The third-order valence-electron chi connectivity index (χ3n) is 2.54. The van der Waals surface area contributed by atoms with E-state index in [0.29, 0.717) is 13.0 Å². The minimum absolute atomic E-state index is 0.0573. The van der Waals surface area contributed by atoms with Gasteiger partial charge in [0, 0.05) is 13.0 Å². The van der Waals surface area contributed by atoms with Crippen molar-refractivity contribution in [3.8, 4) is 6.07 Å². The molecule has 0 N–H and O–H groups in total. The summed E-state index contributed by atoms with van der Waals surface area (Å²) >= 11 is 0. The Morgan fingerprint density at radius 3 is 2.62 bits per heavy atom. The van der Waals surface area contributed by atoms with Crippen molar-refractivity contribution >= 4 is 9.84 Å². The van der Waals surface area contributed by atoms with Gasteiger partial charge in [0.15, 0.2) is 15.4 Å². The number of hydrogen-bond donors (Lipinski definition) is 0. The van der Waals surface area contributed by atoms with Gasteiger partial charge in [0.2, 0.25) is 0 Å². The smallest absolute Gasteiger partial charge is 0.171 e. The van der Waals surface area contributed by atoms with E-state index in [9.17, 15) is 8.42 Å². The van der Waals surface area contributed by atoms with Crippen LogP contribution in [-0.2, 0) is 14.6 Å². The van der Waals surface area contributed by atoms with Gasteiger partial charge in [-0.05, 0) is 13.8 Å². The summed E-state index contributed by atoms with van der Waals surface area (Å²) in [6.45, 7) is 3.67. The topological polar surface area (TPSA) is 67.2 Å². The molecular weight excluding hydrogens is 190 g/mol. The van der Waals surface area contributed by atoms with Crippen LogP contribution in [0.2, 0.25) is 0 Å². The molecule has 2 atom stereocenters. The monoisotopic (exact) mass is 203 g/mol. The summed E-state index contributed by atoms with van der Waals surface area (Å²) in [5.41, 5.74) is -1.10. The Balaban J connectivity index is 3.01. The van der Waals surface area contributed by atoms with Crippen molar-refractivity contribution in [2.24, 2.45) is 0 Å². The number of ether oxygens (including phenoxy) is 1. The van der Waals surface area contributed by atoms with Gasteiger partial charge < -0.3 is 4.74 Å². The molecule has 0 aromatic rings. The predicted octanol–water partition coefficient (Wildman–Crippen LogP) is 0.492. The second kappa shape index (κ2) is 3.28. The van der Waals surface area contributed by atoms with Crippen LogP contribution >= 0.6 is 0 Å². The molecule has 5 heteroatoms. The fraction of sp³-hybridized carbons (Fsp3) is 0.875. The lowest BCUT2D eigenvalue weighted by atomic mass is 9.99. The van der Waals surface area contributed by atoms with E-state index in [2.05, 4.69) is 0 Å². The number of nitrogens with zero attached hydrogens (tertiary/aromatic N) is 1. The minimum atomic E-state index is -3.11. The fourth-order valence-electron chi connectivity index (χ4n) is 1.59. The van der Waals surface area contributed by atoms with Crippen molar-refractivity contribution in [2.75, 3.05) is 12.4 Å². The Kier molecular flexibility index (Phi) is 2.64. The molecule has 0 amide bonds. The summed E-state index contributed by atoms with van der Waals surface area (Å²) in [6.07, 6.45) is 0.293. The third kappa shape index (κ3) is 1.56. The van der Waals surface area contributed by atoms with Crippen LogP contribution in [0.15, 0.2) is 0 Å². The Hall–Kier alpha value is -0.600. The molecule has 0 aromatic heterocycles. The molecular formula is C8H13NO3S. The molecule has 13 heavy (non-hydrogen) atoms. The summed E-state index contributed by atoms with van der Waals surface area (Å²) in [4.78, 5) is 0. The lowest BCUT2D eigenvalue weighted by Gasteiger charge is -2.23. The van der Waals surface area contributed by atoms with Crippen LogP contribution in [0.1, 0.15) is 20.3 Å². The second-order valence-electron chi connectivity index (χ2n) is 3.19. The second-order valence-corrected chi connectivity index (χ2v) is 5.63. The van der Waals surface area contributed by atoms with E-state index in [-0.39, 0.29) is 5.75 Å². The zero-order valence-electron chi connectivity index (χ0n) is 7.78. The van der Waals surface area contributed by atoms with Gasteiger partial charge >= 0.3 is 0 Å². The highest BCUT2D eigenvalue weighted by atomic mass is 32.2. The van der Waals surface area contributed by atoms with Crippen molar-refractivity contribution in [1.82, 2.24) is 0 Å². The Labute approximate surface area is 78.4 Å². The van der Waals surface area contributed by atoms with Gasteiger partial charge in [0.1, 0.15) is 5.25 Å². The van der Waals surface area contributed by atoms with Crippen molar-refractivity contribution in [2.45, 2.75) is 31.1 Å². The first kappa shape index (κ1) is 10.5. The molecule has 74 valence electrons. The normalized spacial score (nSPS) is 37.2. The van der Waals surface area contributed by atoms with Gasteiger partial charge in [0.05, 0.1) is 11.8 Å². The zero-order valence-corrected chi connectivity index (χ0v) is 8.60. The first-order chi connectivity index (χ1) is 5.98. The van der Waals surface area contributed by atoms with Crippen LogP contribution in [0.25, 0.3) is 0 Å². The molecule has 2 unspecified atom stereocenters. The molecule has 0 bridgehead atoms. The highest BCUT2D eigenvalue weighted by molar-refractivity contribution is 7.92. The maximum Gasteiger partial charge on any atom is 0.171 e. The lowest BCUT2D eigenvalue weighted by molar-refractivity contribution is 0.00935. The van der Waals surface area contributed by atoms with E-state index in [1.165, 1.54) is 0 Å². The van der Waals surface area contributed by atoms with Gasteiger partial charge in [-0.3, -0.25) is 0 Å². The molecule has 1 aliphatic heterocycles. The van der Waals surface area contributed by atoms with Crippen molar-refractivity contribution < 1.29 is 13.2 Å². The summed E-state index contributed by atoms with van der Waals surface area (Å²) in [5, 5.41) is 8.21. The highest BCUT2D eigenvalue weighted by Gasteiger charge is 2.50. The van der Waals surface area contributed by atoms with Crippen LogP contribution in [0, 0.1) is 11.3 Å². The molecule has 1 fully saturated rings. The highest BCUT2D eigenvalue weighted by Crippen LogP contribution is 2.33. The van der Waals surface area contributed by atoms with E-state index in [1.807, 2.05) is 6.07 Å². The Bertz CT molecular complexity index is 330. The van der Waals surface area contributed by atoms with E-state index < -0.39 is 20.7 Å². The lowest BCUT2D eigenvalue weighted by Crippen LogP contribution is -2.39. The average molecular weight is 203 g/mol. The number of nitriles is 1. The molecule has 0 aliphatic carbocycles. The Morgan fingerprint density at radius 1 is 1.69 bits per heavy atom. The van der Waals surface area contributed by atoms with Crippen LogP contribution in [0.4, 0.5) is 0 Å². The number of sulfone groups is 1. The van der Waals surface area contributed by atoms with Gasteiger partial charge in [-0.25, -0.2) is 8.42 Å². The first-order valence-electron chi connectivity index (χ1n) is 4.25. The summed E-state index contributed by atoms with van der Waals surface area (Å²) in [6, 6.07) is 1.98. The van der Waals surface area contributed by atoms with Crippen molar-refractivity contribution in [3.63, 3.8) is 0 Å². The zero-order chi connectivity index (χ0) is 10.1. The largest absolute Gasteiger partial charge is 0.359 e. The fourth-order valence-corrected chi connectivity index (χ4v) is 3.35. The van der Waals surface area contributed by atoms with Gasteiger partial charge in [-0.1, -0.05) is 0 Å². The summed E-state index contributed by atoms with van der Waals surface area (Å²) in [7, 11) is -3.11. The standard InChI is InChI=1S/C8H13NO3S/c1-3-12-8(6-9)4-5-13(10,11)7(8)2/h7H,3-5H2,1-2H3.